The molecule has 3 amide bonds. The molecule has 0 bridgehead atoms. The standard InChI is InChI=1S/C18H19ClFN3O4/c1-4-7-22-9-15(24)23(18(22)26)10-27-17(25)16(11(2)3)21-14-6-5-12(19)8-13(14)20/h1,5-6,8,11,16,21H,7,9-10H2,2-3H3. The summed E-state index contributed by atoms with van der Waals surface area (Å²) >= 11 is 5.72. The van der Waals surface area contributed by atoms with Crippen molar-refractivity contribution in [2.24, 2.45) is 5.92 Å². The van der Waals surface area contributed by atoms with E-state index in [1.165, 1.54) is 12.1 Å². The lowest BCUT2D eigenvalue weighted by molar-refractivity contribution is -0.150. The van der Waals surface area contributed by atoms with Gasteiger partial charge in [0.25, 0.3) is 5.91 Å². The summed E-state index contributed by atoms with van der Waals surface area (Å²) in [7, 11) is 0. The molecule has 0 saturated carbocycles. The zero-order valence-corrected chi connectivity index (χ0v) is 15.6. The first kappa shape index (κ1) is 20.5. The maximum Gasteiger partial charge on any atom is 0.330 e. The molecule has 2 rings (SSSR count). The molecule has 9 heteroatoms. The lowest BCUT2D eigenvalue weighted by Gasteiger charge is -2.23. The number of nitrogens with one attached hydrogen (secondary N) is 1. The van der Waals surface area contributed by atoms with Crippen molar-refractivity contribution in [1.82, 2.24) is 9.80 Å². The predicted octanol–water partition coefficient (Wildman–Crippen LogP) is 2.31. The van der Waals surface area contributed by atoms with Crippen LogP contribution in [0, 0.1) is 24.1 Å². The van der Waals surface area contributed by atoms with Gasteiger partial charge in [0.2, 0.25) is 0 Å². The van der Waals surface area contributed by atoms with E-state index in [1.807, 2.05) is 0 Å². The molecular weight excluding hydrogens is 377 g/mol. The molecule has 27 heavy (non-hydrogen) atoms. The molecule has 0 aromatic heterocycles. The lowest BCUT2D eigenvalue weighted by Crippen LogP contribution is -2.41. The van der Waals surface area contributed by atoms with Crippen LogP contribution in [0.25, 0.3) is 0 Å². The second-order valence-corrected chi connectivity index (χ2v) is 6.68. The molecule has 1 N–H and O–H groups in total. The zero-order valence-electron chi connectivity index (χ0n) is 14.9. The van der Waals surface area contributed by atoms with Crippen molar-refractivity contribution in [3.63, 3.8) is 0 Å². The van der Waals surface area contributed by atoms with Crippen molar-refractivity contribution < 1.29 is 23.5 Å². The van der Waals surface area contributed by atoms with Gasteiger partial charge in [0.1, 0.15) is 18.4 Å². The van der Waals surface area contributed by atoms with Gasteiger partial charge < -0.3 is 15.0 Å². The molecule has 1 heterocycles. The summed E-state index contributed by atoms with van der Waals surface area (Å²) in [5.41, 5.74) is 0.0866. The maximum absolute atomic E-state index is 14.0. The molecule has 1 unspecified atom stereocenters. The van der Waals surface area contributed by atoms with Gasteiger partial charge in [-0.2, -0.15) is 0 Å². The minimum absolute atomic E-state index is 0.0129. The van der Waals surface area contributed by atoms with E-state index in [2.05, 4.69) is 11.2 Å². The zero-order chi connectivity index (χ0) is 20.1. The maximum atomic E-state index is 14.0. The predicted molar refractivity (Wildman–Crippen MR) is 97.3 cm³/mol. The third-order valence-corrected chi connectivity index (χ3v) is 4.14. The fourth-order valence-corrected chi connectivity index (χ4v) is 2.60. The first-order valence-electron chi connectivity index (χ1n) is 8.15. The first-order chi connectivity index (χ1) is 12.7. The molecule has 1 atom stereocenters. The van der Waals surface area contributed by atoms with Crippen molar-refractivity contribution in [2.45, 2.75) is 19.9 Å². The number of anilines is 1. The average Bonchev–Trinajstić information content (AvgIpc) is 2.85. The van der Waals surface area contributed by atoms with Gasteiger partial charge in [-0.1, -0.05) is 31.4 Å². The number of carbonyl (C=O) groups is 3. The van der Waals surface area contributed by atoms with Crippen molar-refractivity contribution in [3.8, 4) is 12.3 Å². The van der Waals surface area contributed by atoms with E-state index in [-0.39, 0.29) is 29.7 Å². The van der Waals surface area contributed by atoms with Gasteiger partial charge in [0.15, 0.2) is 6.73 Å². The van der Waals surface area contributed by atoms with Crippen LogP contribution in [-0.2, 0) is 14.3 Å². The summed E-state index contributed by atoms with van der Waals surface area (Å²) in [6, 6.07) is 2.50. The molecule has 1 aromatic carbocycles. The Morgan fingerprint density at radius 3 is 2.74 bits per heavy atom. The molecule has 0 spiro atoms. The third kappa shape index (κ3) is 4.89. The van der Waals surface area contributed by atoms with E-state index in [4.69, 9.17) is 22.8 Å². The topological polar surface area (TPSA) is 79.0 Å². The average molecular weight is 396 g/mol. The molecule has 7 nitrogen and oxygen atoms in total. The van der Waals surface area contributed by atoms with Crippen LogP contribution in [0.1, 0.15) is 13.8 Å². The van der Waals surface area contributed by atoms with Crippen LogP contribution in [0.3, 0.4) is 0 Å². The number of terminal acetylenes is 1. The number of urea groups is 1. The number of hydrogen-bond donors (Lipinski definition) is 1. The largest absolute Gasteiger partial charge is 0.442 e. The molecule has 0 aliphatic carbocycles. The van der Waals surface area contributed by atoms with Crippen LogP contribution in [0.5, 0.6) is 0 Å². The van der Waals surface area contributed by atoms with Crippen LogP contribution in [-0.4, -0.2) is 53.6 Å². The highest BCUT2D eigenvalue weighted by Gasteiger charge is 2.37. The molecule has 1 fully saturated rings. The fraction of sp³-hybridized carbons (Fsp3) is 0.389. The number of esters is 1. The van der Waals surface area contributed by atoms with Gasteiger partial charge in [-0.05, 0) is 24.1 Å². The number of ether oxygens (including phenoxy) is 1. The van der Waals surface area contributed by atoms with Crippen molar-refractivity contribution in [2.75, 3.05) is 25.1 Å². The number of amides is 3. The normalized spacial score (nSPS) is 15.1. The van der Waals surface area contributed by atoms with E-state index in [0.29, 0.717) is 0 Å². The Morgan fingerprint density at radius 1 is 1.44 bits per heavy atom. The fourth-order valence-electron chi connectivity index (χ4n) is 2.44. The van der Waals surface area contributed by atoms with Gasteiger partial charge in [0.05, 0.1) is 12.2 Å². The molecule has 144 valence electrons. The second-order valence-electron chi connectivity index (χ2n) is 6.25. The Kier molecular flexibility index (Phi) is 6.64. The van der Waals surface area contributed by atoms with E-state index >= 15 is 0 Å². The second kappa shape index (κ2) is 8.73. The summed E-state index contributed by atoms with van der Waals surface area (Å²) in [6.07, 6.45) is 5.15. The lowest BCUT2D eigenvalue weighted by atomic mass is 10.0. The van der Waals surface area contributed by atoms with E-state index in [0.717, 1.165) is 15.9 Å². The van der Waals surface area contributed by atoms with Crippen molar-refractivity contribution in [3.05, 3.63) is 29.0 Å². The molecule has 0 radical (unpaired) electrons. The van der Waals surface area contributed by atoms with Gasteiger partial charge in [0, 0.05) is 5.02 Å². The number of hydrogen-bond acceptors (Lipinski definition) is 5. The minimum atomic E-state index is -0.893. The molecule has 1 aliphatic rings. The summed E-state index contributed by atoms with van der Waals surface area (Å²) in [5, 5.41) is 2.99. The molecular formula is C18H19ClFN3O4. The summed E-state index contributed by atoms with van der Waals surface area (Å²) in [5.74, 6) is 0.170. The molecule has 1 aromatic rings. The van der Waals surface area contributed by atoms with E-state index in [1.54, 1.807) is 13.8 Å². The highest BCUT2D eigenvalue weighted by molar-refractivity contribution is 6.30. The third-order valence-electron chi connectivity index (χ3n) is 3.91. The molecule has 1 aliphatic heterocycles. The Morgan fingerprint density at radius 2 is 2.15 bits per heavy atom. The van der Waals surface area contributed by atoms with Crippen molar-refractivity contribution >= 4 is 35.2 Å². The number of nitrogens with zero attached hydrogens (tertiary/aromatic N) is 2. The van der Waals surface area contributed by atoms with Gasteiger partial charge in [-0.3, -0.25) is 4.79 Å². The van der Waals surface area contributed by atoms with Crippen molar-refractivity contribution in [1.29, 1.82) is 0 Å². The minimum Gasteiger partial charge on any atom is -0.442 e. The number of benzene rings is 1. The SMILES string of the molecule is C#CCN1CC(=O)N(COC(=O)C(Nc2ccc(Cl)cc2F)C(C)C)C1=O. The highest BCUT2D eigenvalue weighted by atomic mass is 35.5. The Hall–Kier alpha value is -2.79. The quantitative estimate of drug-likeness (QED) is 0.435. The Labute approximate surface area is 161 Å². The smallest absolute Gasteiger partial charge is 0.330 e. The number of carbonyl (C=O) groups excluding carboxylic acids is 3. The molecule has 1 saturated heterocycles. The number of imide groups is 1. The summed E-state index contributed by atoms with van der Waals surface area (Å²) in [4.78, 5) is 38.3. The van der Waals surface area contributed by atoms with Crippen LogP contribution in [0.15, 0.2) is 18.2 Å². The van der Waals surface area contributed by atoms with E-state index < -0.39 is 36.5 Å². The van der Waals surface area contributed by atoms with Crippen LogP contribution in [0.2, 0.25) is 5.02 Å². The van der Waals surface area contributed by atoms with Crippen LogP contribution >= 0.6 is 11.6 Å². The Balaban J connectivity index is 2.02. The number of halogens is 2. The summed E-state index contributed by atoms with van der Waals surface area (Å²) in [6.45, 7) is 2.77. The van der Waals surface area contributed by atoms with Gasteiger partial charge in [-0.15, -0.1) is 6.42 Å². The van der Waals surface area contributed by atoms with Gasteiger partial charge >= 0.3 is 12.0 Å². The van der Waals surface area contributed by atoms with Crippen LogP contribution < -0.4 is 5.32 Å². The first-order valence-corrected chi connectivity index (χ1v) is 8.53. The van der Waals surface area contributed by atoms with Crippen LogP contribution in [0.4, 0.5) is 14.9 Å². The van der Waals surface area contributed by atoms with E-state index in [9.17, 15) is 18.8 Å². The monoisotopic (exact) mass is 395 g/mol. The summed E-state index contributed by atoms with van der Waals surface area (Å²) < 4.78 is 19.1. The Bertz CT molecular complexity index is 793. The number of rotatable bonds is 7. The highest BCUT2D eigenvalue weighted by Crippen LogP contribution is 2.22. The van der Waals surface area contributed by atoms with Gasteiger partial charge in [-0.25, -0.2) is 18.9 Å².